The first kappa shape index (κ1) is 14.4. The van der Waals surface area contributed by atoms with E-state index in [1.54, 1.807) is 5.38 Å². The van der Waals surface area contributed by atoms with E-state index in [9.17, 15) is 4.79 Å². The maximum Gasteiger partial charge on any atom is 0.273 e. The Labute approximate surface area is 112 Å². The van der Waals surface area contributed by atoms with E-state index in [-0.39, 0.29) is 23.7 Å². The van der Waals surface area contributed by atoms with Crippen LogP contribution in [0.5, 0.6) is 0 Å². The molecule has 1 aromatic rings. The van der Waals surface area contributed by atoms with E-state index >= 15 is 0 Å². The van der Waals surface area contributed by atoms with E-state index in [1.165, 1.54) is 11.3 Å². The second-order valence-electron chi connectivity index (χ2n) is 4.97. The molecule has 1 saturated heterocycles. The highest BCUT2D eigenvalue weighted by Gasteiger charge is 2.33. The number of carbonyl (C=O) groups excluding carboxylic acids is 1. The number of carbonyl (C=O) groups is 1. The van der Waals surface area contributed by atoms with Crippen molar-refractivity contribution in [3.63, 3.8) is 0 Å². The average Bonchev–Trinajstić information content (AvgIpc) is 2.83. The molecule has 2 heterocycles. The molecule has 0 bridgehead atoms. The molecular formula is C11H18ClN3OS. The summed E-state index contributed by atoms with van der Waals surface area (Å²) in [7, 11) is 0. The molecule has 4 nitrogen and oxygen atoms in total. The van der Waals surface area contributed by atoms with Crippen molar-refractivity contribution in [2.45, 2.75) is 26.8 Å². The van der Waals surface area contributed by atoms with Gasteiger partial charge >= 0.3 is 0 Å². The average molecular weight is 276 g/mol. The predicted molar refractivity (Wildman–Crippen MR) is 71.6 cm³/mol. The van der Waals surface area contributed by atoms with Crippen molar-refractivity contribution in [1.29, 1.82) is 0 Å². The molecule has 1 aliphatic rings. The minimum atomic E-state index is 0. The van der Waals surface area contributed by atoms with Crippen LogP contribution in [0.25, 0.3) is 0 Å². The monoisotopic (exact) mass is 275 g/mol. The van der Waals surface area contributed by atoms with Gasteiger partial charge in [-0.3, -0.25) is 4.79 Å². The van der Waals surface area contributed by atoms with Crippen LogP contribution in [0.4, 0.5) is 0 Å². The molecule has 0 spiro atoms. The smallest absolute Gasteiger partial charge is 0.273 e. The fourth-order valence-corrected chi connectivity index (χ4v) is 2.60. The molecule has 17 heavy (non-hydrogen) atoms. The number of likely N-dealkylation sites (tertiary alicyclic amines) is 1. The number of halogens is 1. The third-order valence-corrected chi connectivity index (χ3v) is 3.78. The molecule has 2 rings (SSSR count). The first-order chi connectivity index (χ1) is 7.52. The van der Waals surface area contributed by atoms with Crippen LogP contribution in [-0.2, 0) is 6.54 Å². The molecule has 1 amide bonds. The quantitative estimate of drug-likeness (QED) is 0.897. The van der Waals surface area contributed by atoms with Crippen LogP contribution in [-0.4, -0.2) is 28.9 Å². The third kappa shape index (κ3) is 3.18. The maximum atomic E-state index is 12.1. The summed E-state index contributed by atoms with van der Waals surface area (Å²) in [5.74, 6) is 0.0431. The summed E-state index contributed by atoms with van der Waals surface area (Å²) in [5, 5.41) is 2.62. The van der Waals surface area contributed by atoms with Gasteiger partial charge in [0, 0.05) is 25.0 Å². The Hall–Kier alpha value is -0.650. The minimum absolute atomic E-state index is 0. The van der Waals surface area contributed by atoms with Crippen molar-refractivity contribution in [3.8, 4) is 0 Å². The lowest BCUT2D eigenvalue weighted by atomic mass is 9.93. The molecule has 96 valence electrons. The van der Waals surface area contributed by atoms with Crippen molar-refractivity contribution in [2.75, 3.05) is 13.1 Å². The second kappa shape index (κ2) is 5.33. The van der Waals surface area contributed by atoms with Gasteiger partial charge in [0.05, 0.1) is 0 Å². The van der Waals surface area contributed by atoms with Crippen LogP contribution >= 0.6 is 23.7 Å². The number of amides is 1. The van der Waals surface area contributed by atoms with Crippen LogP contribution in [0.15, 0.2) is 5.38 Å². The highest BCUT2D eigenvalue weighted by molar-refractivity contribution is 7.09. The van der Waals surface area contributed by atoms with Crippen LogP contribution < -0.4 is 5.73 Å². The highest BCUT2D eigenvalue weighted by Crippen LogP contribution is 2.29. The summed E-state index contributed by atoms with van der Waals surface area (Å²) in [6.07, 6.45) is 1.06. The molecule has 2 N–H and O–H groups in total. The van der Waals surface area contributed by atoms with Gasteiger partial charge in [-0.05, 0) is 11.8 Å². The lowest BCUT2D eigenvalue weighted by molar-refractivity contribution is 0.0773. The zero-order valence-electron chi connectivity index (χ0n) is 10.1. The van der Waals surface area contributed by atoms with Crippen molar-refractivity contribution < 1.29 is 4.79 Å². The van der Waals surface area contributed by atoms with Gasteiger partial charge in [0.15, 0.2) is 0 Å². The summed E-state index contributed by atoms with van der Waals surface area (Å²) in [6.45, 7) is 6.44. The minimum Gasteiger partial charge on any atom is -0.337 e. The Balaban J connectivity index is 0.00000144. The number of nitrogens with two attached hydrogens (primary N) is 1. The third-order valence-electron chi connectivity index (χ3n) is 2.91. The SMILES string of the molecule is CC1(C)CCN(C(=O)c2csc(CN)n2)C1.Cl. The van der Waals surface area contributed by atoms with Crippen molar-refractivity contribution >= 4 is 29.7 Å². The molecule has 0 unspecified atom stereocenters. The van der Waals surface area contributed by atoms with Gasteiger partial charge in [-0.2, -0.15) is 0 Å². The predicted octanol–water partition coefficient (Wildman–Crippen LogP) is 1.90. The van der Waals surface area contributed by atoms with Gasteiger partial charge in [-0.15, -0.1) is 23.7 Å². The number of thiazole rings is 1. The summed E-state index contributed by atoms with van der Waals surface area (Å²) < 4.78 is 0. The summed E-state index contributed by atoms with van der Waals surface area (Å²) in [6, 6.07) is 0. The number of rotatable bonds is 2. The fraction of sp³-hybridized carbons (Fsp3) is 0.636. The number of nitrogens with zero attached hydrogens (tertiary/aromatic N) is 2. The van der Waals surface area contributed by atoms with E-state index in [0.29, 0.717) is 12.2 Å². The lowest BCUT2D eigenvalue weighted by Gasteiger charge is -2.18. The van der Waals surface area contributed by atoms with E-state index in [0.717, 1.165) is 24.5 Å². The largest absolute Gasteiger partial charge is 0.337 e. The molecular weight excluding hydrogens is 258 g/mol. The number of hydrogen-bond acceptors (Lipinski definition) is 4. The zero-order chi connectivity index (χ0) is 11.8. The molecule has 1 aromatic heterocycles. The van der Waals surface area contributed by atoms with E-state index < -0.39 is 0 Å². The van der Waals surface area contributed by atoms with E-state index in [4.69, 9.17) is 5.73 Å². The molecule has 0 radical (unpaired) electrons. The highest BCUT2D eigenvalue weighted by atomic mass is 35.5. The first-order valence-corrected chi connectivity index (χ1v) is 6.33. The Morgan fingerprint density at radius 1 is 1.65 bits per heavy atom. The van der Waals surface area contributed by atoms with Gasteiger partial charge in [0.2, 0.25) is 0 Å². The van der Waals surface area contributed by atoms with Crippen LogP contribution in [0.2, 0.25) is 0 Å². The number of hydrogen-bond donors (Lipinski definition) is 1. The fourth-order valence-electron chi connectivity index (χ4n) is 1.95. The Kier molecular flexibility index (Phi) is 4.52. The molecule has 0 saturated carbocycles. The maximum absolute atomic E-state index is 12.1. The van der Waals surface area contributed by atoms with Crippen molar-refractivity contribution in [3.05, 3.63) is 16.1 Å². The Morgan fingerprint density at radius 2 is 2.35 bits per heavy atom. The summed E-state index contributed by atoms with van der Waals surface area (Å²) in [5.41, 5.74) is 6.27. The normalized spacial score (nSPS) is 17.9. The summed E-state index contributed by atoms with van der Waals surface area (Å²) in [4.78, 5) is 18.2. The van der Waals surface area contributed by atoms with Gasteiger partial charge in [0.25, 0.3) is 5.91 Å². The van der Waals surface area contributed by atoms with Crippen LogP contribution in [0.1, 0.15) is 35.8 Å². The standard InChI is InChI=1S/C11H17N3OS.ClH/c1-11(2)3-4-14(7-11)10(15)8-6-16-9(5-12)13-8;/h6H,3-5,7,12H2,1-2H3;1H. The second-order valence-corrected chi connectivity index (χ2v) is 5.91. The van der Waals surface area contributed by atoms with Crippen molar-refractivity contribution in [1.82, 2.24) is 9.88 Å². The molecule has 1 aliphatic heterocycles. The molecule has 0 atom stereocenters. The topological polar surface area (TPSA) is 59.2 Å². The van der Waals surface area contributed by atoms with Gasteiger partial charge in [-0.1, -0.05) is 13.8 Å². The molecule has 0 aromatic carbocycles. The van der Waals surface area contributed by atoms with Gasteiger partial charge < -0.3 is 10.6 Å². The Morgan fingerprint density at radius 3 is 2.82 bits per heavy atom. The van der Waals surface area contributed by atoms with Crippen molar-refractivity contribution in [2.24, 2.45) is 11.1 Å². The number of aromatic nitrogens is 1. The molecule has 1 fully saturated rings. The molecule has 6 heteroatoms. The summed E-state index contributed by atoms with van der Waals surface area (Å²) >= 11 is 1.45. The van der Waals surface area contributed by atoms with Gasteiger partial charge in [-0.25, -0.2) is 4.98 Å². The van der Waals surface area contributed by atoms with Crippen LogP contribution in [0, 0.1) is 5.41 Å². The Bertz CT molecular complexity index is 405. The molecule has 0 aliphatic carbocycles. The van der Waals surface area contributed by atoms with Crippen LogP contribution in [0.3, 0.4) is 0 Å². The zero-order valence-corrected chi connectivity index (χ0v) is 11.7. The van der Waals surface area contributed by atoms with E-state index in [1.807, 2.05) is 4.90 Å². The van der Waals surface area contributed by atoms with E-state index in [2.05, 4.69) is 18.8 Å². The lowest BCUT2D eigenvalue weighted by Crippen LogP contribution is -2.30. The first-order valence-electron chi connectivity index (χ1n) is 5.45. The van der Waals surface area contributed by atoms with Gasteiger partial charge in [0.1, 0.15) is 10.7 Å².